The van der Waals surface area contributed by atoms with Gasteiger partial charge in [-0.3, -0.25) is 4.90 Å². The fourth-order valence-corrected chi connectivity index (χ4v) is 3.65. The van der Waals surface area contributed by atoms with Crippen molar-refractivity contribution in [2.24, 2.45) is 5.92 Å². The smallest absolute Gasteiger partial charge is 0.0368 e. The molecule has 2 aliphatic heterocycles. The standard InChI is InChI=1S/C19H32N4/c1-16(2)22-10-12-23(13-11-22)19-7-5-18(6-8-19)21-15-17-4-3-9-20-14-17/h5-8,16-17,20-21H,3-4,9-15H2,1-2H3. The molecule has 1 unspecified atom stereocenters. The van der Waals surface area contributed by atoms with E-state index in [-0.39, 0.29) is 0 Å². The summed E-state index contributed by atoms with van der Waals surface area (Å²) in [4.78, 5) is 5.07. The topological polar surface area (TPSA) is 30.5 Å². The van der Waals surface area contributed by atoms with Gasteiger partial charge >= 0.3 is 0 Å². The Hall–Kier alpha value is -1.26. The molecule has 2 aliphatic rings. The van der Waals surface area contributed by atoms with Crippen LogP contribution >= 0.6 is 0 Å². The van der Waals surface area contributed by atoms with E-state index in [1.807, 2.05) is 0 Å². The van der Waals surface area contributed by atoms with Gasteiger partial charge in [0.1, 0.15) is 0 Å². The normalized spacial score (nSPS) is 23.3. The molecular weight excluding hydrogens is 284 g/mol. The van der Waals surface area contributed by atoms with E-state index in [4.69, 9.17) is 0 Å². The van der Waals surface area contributed by atoms with Crippen molar-refractivity contribution in [2.75, 3.05) is 56.0 Å². The third-order valence-corrected chi connectivity index (χ3v) is 5.27. The van der Waals surface area contributed by atoms with Crippen LogP contribution in [0.5, 0.6) is 0 Å². The summed E-state index contributed by atoms with van der Waals surface area (Å²) in [6, 6.07) is 9.68. The fraction of sp³-hybridized carbons (Fsp3) is 0.684. The van der Waals surface area contributed by atoms with Crippen LogP contribution in [0.15, 0.2) is 24.3 Å². The monoisotopic (exact) mass is 316 g/mol. The lowest BCUT2D eigenvalue weighted by Crippen LogP contribution is -2.48. The van der Waals surface area contributed by atoms with Gasteiger partial charge in [-0.2, -0.15) is 0 Å². The maximum absolute atomic E-state index is 3.60. The average molecular weight is 316 g/mol. The Labute approximate surface area is 141 Å². The van der Waals surface area contributed by atoms with Crippen LogP contribution in [0.2, 0.25) is 0 Å². The summed E-state index contributed by atoms with van der Waals surface area (Å²) in [5.74, 6) is 0.771. The molecule has 2 heterocycles. The molecule has 128 valence electrons. The van der Waals surface area contributed by atoms with Crippen molar-refractivity contribution in [2.45, 2.75) is 32.7 Å². The lowest BCUT2D eigenvalue weighted by Gasteiger charge is -2.38. The third-order valence-electron chi connectivity index (χ3n) is 5.27. The molecule has 2 saturated heterocycles. The van der Waals surface area contributed by atoms with E-state index < -0.39 is 0 Å². The van der Waals surface area contributed by atoms with Gasteiger partial charge in [0.15, 0.2) is 0 Å². The predicted molar refractivity (Wildman–Crippen MR) is 99.4 cm³/mol. The molecule has 23 heavy (non-hydrogen) atoms. The lowest BCUT2D eigenvalue weighted by atomic mass is 10.00. The summed E-state index contributed by atoms with van der Waals surface area (Å²) in [5.41, 5.74) is 2.61. The van der Waals surface area contributed by atoms with Gasteiger partial charge in [0.05, 0.1) is 0 Å². The highest BCUT2D eigenvalue weighted by Crippen LogP contribution is 2.21. The molecule has 2 N–H and O–H groups in total. The zero-order valence-corrected chi connectivity index (χ0v) is 14.7. The highest BCUT2D eigenvalue weighted by atomic mass is 15.3. The Kier molecular flexibility index (Phi) is 5.79. The molecule has 2 fully saturated rings. The van der Waals surface area contributed by atoms with E-state index >= 15 is 0 Å². The number of piperazine rings is 1. The first-order valence-electron chi connectivity index (χ1n) is 9.26. The highest BCUT2D eigenvalue weighted by molar-refractivity contribution is 5.55. The second-order valence-corrected chi connectivity index (χ2v) is 7.26. The quantitative estimate of drug-likeness (QED) is 0.874. The molecule has 0 bridgehead atoms. The molecule has 0 aliphatic carbocycles. The molecular formula is C19H32N4. The highest BCUT2D eigenvalue weighted by Gasteiger charge is 2.19. The van der Waals surface area contributed by atoms with Gasteiger partial charge in [-0.05, 0) is 70.0 Å². The van der Waals surface area contributed by atoms with Crippen LogP contribution in [0, 0.1) is 5.92 Å². The van der Waals surface area contributed by atoms with E-state index in [1.165, 1.54) is 43.9 Å². The summed E-state index contributed by atoms with van der Waals surface area (Å²) in [7, 11) is 0. The number of rotatable bonds is 5. The minimum atomic E-state index is 0.665. The SMILES string of the molecule is CC(C)N1CCN(c2ccc(NCC3CCCNC3)cc2)CC1. The summed E-state index contributed by atoms with van der Waals surface area (Å²) < 4.78 is 0. The maximum atomic E-state index is 3.60. The van der Waals surface area contributed by atoms with Crippen LogP contribution in [0.3, 0.4) is 0 Å². The Morgan fingerprint density at radius 3 is 2.48 bits per heavy atom. The summed E-state index contributed by atoms with van der Waals surface area (Å²) in [5, 5.41) is 7.08. The largest absolute Gasteiger partial charge is 0.385 e. The molecule has 4 nitrogen and oxygen atoms in total. The van der Waals surface area contributed by atoms with E-state index in [2.05, 4.69) is 58.5 Å². The van der Waals surface area contributed by atoms with Crippen LogP contribution < -0.4 is 15.5 Å². The fourth-order valence-electron chi connectivity index (χ4n) is 3.65. The summed E-state index contributed by atoms with van der Waals surface area (Å²) in [6.45, 7) is 12.6. The lowest BCUT2D eigenvalue weighted by molar-refractivity contribution is 0.209. The number of nitrogens with one attached hydrogen (secondary N) is 2. The summed E-state index contributed by atoms with van der Waals surface area (Å²) in [6.07, 6.45) is 2.66. The minimum Gasteiger partial charge on any atom is -0.385 e. The molecule has 0 spiro atoms. The molecule has 3 rings (SSSR count). The van der Waals surface area contributed by atoms with Gasteiger partial charge < -0.3 is 15.5 Å². The van der Waals surface area contributed by atoms with E-state index in [0.29, 0.717) is 6.04 Å². The number of hydrogen-bond donors (Lipinski definition) is 2. The molecule has 0 aromatic heterocycles. The molecule has 0 amide bonds. The van der Waals surface area contributed by atoms with Gasteiger partial charge in [0, 0.05) is 50.1 Å². The Balaban J connectivity index is 1.47. The van der Waals surface area contributed by atoms with Gasteiger partial charge in [0.25, 0.3) is 0 Å². The average Bonchev–Trinajstić information content (AvgIpc) is 2.61. The van der Waals surface area contributed by atoms with Crippen LogP contribution in [0.25, 0.3) is 0 Å². The van der Waals surface area contributed by atoms with Crippen LogP contribution in [0.4, 0.5) is 11.4 Å². The van der Waals surface area contributed by atoms with Crippen LogP contribution in [-0.4, -0.2) is 56.8 Å². The van der Waals surface area contributed by atoms with Crippen molar-refractivity contribution < 1.29 is 0 Å². The Morgan fingerprint density at radius 2 is 1.87 bits per heavy atom. The summed E-state index contributed by atoms with van der Waals surface area (Å²) >= 11 is 0. The van der Waals surface area contributed by atoms with Crippen molar-refractivity contribution in [3.8, 4) is 0 Å². The van der Waals surface area contributed by atoms with Crippen molar-refractivity contribution in [1.82, 2.24) is 10.2 Å². The molecule has 1 aromatic rings. The Bertz CT molecular complexity index is 457. The van der Waals surface area contributed by atoms with E-state index in [9.17, 15) is 0 Å². The molecule has 4 heteroatoms. The molecule has 1 aromatic carbocycles. The number of piperidine rings is 1. The van der Waals surface area contributed by atoms with E-state index in [0.717, 1.165) is 32.1 Å². The van der Waals surface area contributed by atoms with Crippen molar-refractivity contribution in [1.29, 1.82) is 0 Å². The van der Waals surface area contributed by atoms with E-state index in [1.54, 1.807) is 0 Å². The maximum Gasteiger partial charge on any atom is 0.0368 e. The first-order chi connectivity index (χ1) is 11.2. The Morgan fingerprint density at radius 1 is 1.13 bits per heavy atom. The number of anilines is 2. The number of nitrogens with zero attached hydrogens (tertiary/aromatic N) is 2. The minimum absolute atomic E-state index is 0.665. The predicted octanol–water partition coefficient (Wildman–Crippen LogP) is 2.63. The molecule has 0 radical (unpaired) electrons. The zero-order valence-electron chi connectivity index (χ0n) is 14.7. The number of benzene rings is 1. The van der Waals surface area contributed by atoms with Crippen molar-refractivity contribution >= 4 is 11.4 Å². The van der Waals surface area contributed by atoms with Crippen molar-refractivity contribution in [3.63, 3.8) is 0 Å². The van der Waals surface area contributed by atoms with Gasteiger partial charge in [-0.25, -0.2) is 0 Å². The second kappa shape index (κ2) is 8.02. The van der Waals surface area contributed by atoms with Gasteiger partial charge in [-0.15, -0.1) is 0 Å². The zero-order chi connectivity index (χ0) is 16.1. The van der Waals surface area contributed by atoms with Crippen molar-refractivity contribution in [3.05, 3.63) is 24.3 Å². The first kappa shape index (κ1) is 16.6. The van der Waals surface area contributed by atoms with Crippen LogP contribution in [0.1, 0.15) is 26.7 Å². The third kappa shape index (κ3) is 4.61. The number of hydrogen-bond acceptors (Lipinski definition) is 4. The van der Waals surface area contributed by atoms with Gasteiger partial charge in [0.2, 0.25) is 0 Å². The van der Waals surface area contributed by atoms with Crippen LogP contribution in [-0.2, 0) is 0 Å². The second-order valence-electron chi connectivity index (χ2n) is 7.26. The first-order valence-corrected chi connectivity index (χ1v) is 9.26. The van der Waals surface area contributed by atoms with Gasteiger partial charge in [-0.1, -0.05) is 0 Å². The molecule has 1 atom stereocenters. The molecule has 0 saturated carbocycles.